The summed E-state index contributed by atoms with van der Waals surface area (Å²) in [5.74, 6) is 0.0957. The van der Waals surface area contributed by atoms with E-state index in [1.165, 1.54) is 0 Å². The van der Waals surface area contributed by atoms with Gasteiger partial charge < -0.3 is 20.9 Å². The topological polar surface area (TPSA) is 90.5 Å². The van der Waals surface area contributed by atoms with Crippen LogP contribution in [0.2, 0.25) is 5.02 Å². The van der Waals surface area contributed by atoms with E-state index in [4.69, 9.17) is 11.6 Å². The summed E-state index contributed by atoms with van der Waals surface area (Å²) in [6.45, 7) is 6.25. The van der Waals surface area contributed by atoms with Crippen LogP contribution in [-0.4, -0.2) is 47.4 Å². The zero-order valence-corrected chi connectivity index (χ0v) is 16.5. The van der Waals surface area contributed by atoms with Gasteiger partial charge in [0.25, 0.3) is 0 Å². The molecule has 146 valence electrons. The summed E-state index contributed by atoms with van der Waals surface area (Å²) in [4.78, 5) is 39.0. The smallest absolute Gasteiger partial charge is 0.319 e. The molecule has 0 bridgehead atoms. The number of piperazine rings is 1. The fraction of sp³-hybridized carbons (Fsp3) is 0.526. The molecule has 1 aromatic carbocycles. The fourth-order valence-corrected chi connectivity index (χ4v) is 3.84. The van der Waals surface area contributed by atoms with Crippen LogP contribution in [0, 0.1) is 12.8 Å². The Hall–Kier alpha value is -2.28. The van der Waals surface area contributed by atoms with Crippen molar-refractivity contribution in [1.82, 2.24) is 15.5 Å². The van der Waals surface area contributed by atoms with E-state index >= 15 is 0 Å². The van der Waals surface area contributed by atoms with Crippen LogP contribution in [0.5, 0.6) is 0 Å². The molecule has 0 aromatic heterocycles. The second kappa shape index (κ2) is 7.76. The Kier molecular flexibility index (Phi) is 5.60. The molecule has 4 amide bonds. The van der Waals surface area contributed by atoms with Gasteiger partial charge in [0, 0.05) is 17.3 Å². The summed E-state index contributed by atoms with van der Waals surface area (Å²) in [5.41, 5.74) is 1.52. The first-order valence-electron chi connectivity index (χ1n) is 9.19. The van der Waals surface area contributed by atoms with Gasteiger partial charge in [0.2, 0.25) is 11.8 Å². The lowest BCUT2D eigenvalue weighted by Crippen LogP contribution is -2.61. The van der Waals surface area contributed by atoms with Crippen LogP contribution >= 0.6 is 11.6 Å². The molecule has 3 N–H and O–H groups in total. The monoisotopic (exact) mass is 392 g/mol. The summed E-state index contributed by atoms with van der Waals surface area (Å²) in [7, 11) is 0. The molecule has 2 heterocycles. The number of carbonyl (C=O) groups excluding carboxylic acids is 3. The SMILES string of the molecule is Cc1ccc(Cl)cc1NC(=O)N[C@H]1C[C@H]2C(=O)N[C@@H](CC(C)C)C(=O)N2C1. The Bertz CT molecular complexity index is 767. The maximum absolute atomic E-state index is 12.7. The van der Waals surface area contributed by atoms with Crippen molar-refractivity contribution in [2.45, 2.75) is 51.7 Å². The minimum atomic E-state index is -0.515. The molecule has 3 rings (SSSR count). The summed E-state index contributed by atoms with van der Waals surface area (Å²) < 4.78 is 0. The average molecular weight is 393 g/mol. The number of carbonyl (C=O) groups is 3. The van der Waals surface area contributed by atoms with Crippen LogP contribution in [0.3, 0.4) is 0 Å². The predicted molar refractivity (Wildman–Crippen MR) is 104 cm³/mol. The molecular weight excluding hydrogens is 368 g/mol. The van der Waals surface area contributed by atoms with Crippen molar-refractivity contribution in [3.63, 3.8) is 0 Å². The number of aryl methyl sites for hydroxylation is 1. The first kappa shape index (κ1) is 19.5. The highest BCUT2D eigenvalue weighted by atomic mass is 35.5. The number of hydrogen-bond acceptors (Lipinski definition) is 3. The zero-order valence-electron chi connectivity index (χ0n) is 15.7. The summed E-state index contributed by atoms with van der Waals surface area (Å²) in [5, 5.41) is 9.00. The number of benzene rings is 1. The molecule has 7 nitrogen and oxygen atoms in total. The van der Waals surface area contributed by atoms with Gasteiger partial charge in [-0.15, -0.1) is 0 Å². The van der Waals surface area contributed by atoms with Gasteiger partial charge in [-0.1, -0.05) is 31.5 Å². The number of rotatable bonds is 4. The van der Waals surface area contributed by atoms with Crippen molar-refractivity contribution >= 4 is 35.1 Å². The highest BCUT2D eigenvalue weighted by Crippen LogP contribution is 2.25. The second-order valence-electron chi connectivity index (χ2n) is 7.69. The second-order valence-corrected chi connectivity index (χ2v) is 8.12. The van der Waals surface area contributed by atoms with E-state index in [2.05, 4.69) is 16.0 Å². The summed E-state index contributed by atoms with van der Waals surface area (Å²) in [6.07, 6.45) is 1.02. The highest BCUT2D eigenvalue weighted by Gasteiger charge is 2.46. The van der Waals surface area contributed by atoms with E-state index in [9.17, 15) is 14.4 Å². The largest absolute Gasteiger partial charge is 0.342 e. The number of fused-ring (bicyclic) bond motifs is 1. The van der Waals surface area contributed by atoms with Crippen molar-refractivity contribution < 1.29 is 14.4 Å². The van der Waals surface area contributed by atoms with Crippen LogP contribution in [0.1, 0.15) is 32.3 Å². The van der Waals surface area contributed by atoms with Crippen molar-refractivity contribution in [2.24, 2.45) is 5.92 Å². The van der Waals surface area contributed by atoms with Gasteiger partial charge in [-0.2, -0.15) is 0 Å². The molecule has 2 fully saturated rings. The molecule has 0 spiro atoms. The Labute approximate surface area is 163 Å². The molecule has 2 aliphatic rings. The Morgan fingerprint density at radius 2 is 2.11 bits per heavy atom. The maximum atomic E-state index is 12.7. The minimum Gasteiger partial charge on any atom is -0.342 e. The normalized spacial score (nSPS) is 24.6. The predicted octanol–water partition coefficient (Wildman–Crippen LogP) is 2.28. The number of nitrogens with one attached hydrogen (secondary N) is 3. The molecule has 2 saturated heterocycles. The van der Waals surface area contributed by atoms with Crippen LogP contribution in [0.4, 0.5) is 10.5 Å². The van der Waals surface area contributed by atoms with Gasteiger partial charge in [0.1, 0.15) is 12.1 Å². The van der Waals surface area contributed by atoms with Gasteiger partial charge in [-0.25, -0.2) is 4.79 Å². The molecular formula is C19H25ClN4O3. The van der Waals surface area contributed by atoms with Gasteiger partial charge in [0.15, 0.2) is 0 Å². The maximum Gasteiger partial charge on any atom is 0.319 e. The third-order valence-corrected chi connectivity index (χ3v) is 5.23. The quantitative estimate of drug-likeness (QED) is 0.734. The third-order valence-electron chi connectivity index (χ3n) is 4.99. The lowest BCUT2D eigenvalue weighted by molar-refractivity contribution is -0.147. The van der Waals surface area contributed by atoms with Gasteiger partial charge >= 0.3 is 6.03 Å². The van der Waals surface area contributed by atoms with E-state index in [0.717, 1.165) is 5.56 Å². The Balaban J connectivity index is 1.62. The fourth-order valence-electron chi connectivity index (χ4n) is 3.67. The number of hydrogen-bond donors (Lipinski definition) is 3. The van der Waals surface area contributed by atoms with Crippen LogP contribution in [0.15, 0.2) is 18.2 Å². The highest BCUT2D eigenvalue weighted by molar-refractivity contribution is 6.31. The van der Waals surface area contributed by atoms with Crippen molar-refractivity contribution in [3.8, 4) is 0 Å². The molecule has 0 saturated carbocycles. The molecule has 0 unspecified atom stereocenters. The van der Waals surface area contributed by atoms with Crippen LogP contribution < -0.4 is 16.0 Å². The van der Waals surface area contributed by atoms with E-state index in [0.29, 0.717) is 36.0 Å². The summed E-state index contributed by atoms with van der Waals surface area (Å²) in [6, 6.07) is 3.62. The minimum absolute atomic E-state index is 0.0660. The summed E-state index contributed by atoms with van der Waals surface area (Å²) >= 11 is 5.97. The van der Waals surface area contributed by atoms with Gasteiger partial charge in [-0.3, -0.25) is 9.59 Å². The number of halogens is 1. The Morgan fingerprint density at radius 1 is 1.37 bits per heavy atom. The molecule has 0 aliphatic carbocycles. The van der Waals surface area contributed by atoms with E-state index < -0.39 is 12.1 Å². The molecule has 3 atom stereocenters. The van der Waals surface area contributed by atoms with Crippen LogP contribution in [-0.2, 0) is 9.59 Å². The Morgan fingerprint density at radius 3 is 2.81 bits per heavy atom. The number of amides is 4. The third kappa shape index (κ3) is 4.35. The molecule has 2 aliphatic heterocycles. The van der Waals surface area contributed by atoms with Crippen molar-refractivity contribution in [3.05, 3.63) is 28.8 Å². The van der Waals surface area contributed by atoms with Crippen molar-refractivity contribution in [2.75, 3.05) is 11.9 Å². The van der Waals surface area contributed by atoms with Gasteiger partial charge in [0.05, 0.1) is 6.04 Å². The van der Waals surface area contributed by atoms with Crippen molar-refractivity contribution in [1.29, 1.82) is 0 Å². The number of anilines is 1. The van der Waals surface area contributed by atoms with Crippen LogP contribution in [0.25, 0.3) is 0 Å². The van der Waals surface area contributed by atoms with E-state index in [1.54, 1.807) is 17.0 Å². The molecule has 8 heteroatoms. The molecule has 27 heavy (non-hydrogen) atoms. The lowest BCUT2D eigenvalue weighted by Gasteiger charge is -2.35. The first-order chi connectivity index (χ1) is 12.7. The number of urea groups is 1. The number of nitrogens with zero attached hydrogens (tertiary/aromatic N) is 1. The first-order valence-corrected chi connectivity index (χ1v) is 9.57. The average Bonchev–Trinajstić information content (AvgIpc) is 3.00. The zero-order chi connectivity index (χ0) is 19.7. The standard InChI is InChI=1S/C19H25ClN4O3/c1-10(2)6-15-18(26)24-9-13(8-16(24)17(25)22-15)21-19(27)23-14-7-12(20)5-4-11(14)3/h4-5,7,10,13,15-16H,6,8-9H2,1-3H3,(H,22,25)(H2,21,23,27)/t13-,15-,16-/m0/s1. The van der Waals surface area contributed by atoms with E-state index in [-0.39, 0.29) is 23.9 Å². The van der Waals surface area contributed by atoms with Gasteiger partial charge in [-0.05, 0) is 43.4 Å². The van der Waals surface area contributed by atoms with E-state index in [1.807, 2.05) is 26.8 Å². The molecule has 1 aromatic rings. The molecule has 0 radical (unpaired) electrons. The lowest BCUT2D eigenvalue weighted by atomic mass is 9.99.